The zero-order chi connectivity index (χ0) is 31.7. The van der Waals surface area contributed by atoms with Crippen molar-refractivity contribution < 1.29 is 57.2 Å². The highest BCUT2D eigenvalue weighted by molar-refractivity contribution is 6.04. The molecule has 0 aliphatic heterocycles. The second-order valence-corrected chi connectivity index (χ2v) is 7.59. The lowest BCUT2D eigenvalue weighted by molar-refractivity contribution is 0.0555. The molecular formula is C30H30O12. The minimum Gasteiger partial charge on any atom is -0.465 e. The molecule has 222 valence electrons. The first-order valence-electron chi connectivity index (χ1n) is 11.9. The molecule has 0 saturated heterocycles. The molecule has 0 spiro atoms. The van der Waals surface area contributed by atoms with Gasteiger partial charge in [-0.3, -0.25) is 0 Å². The molecule has 0 heterocycles. The molecule has 0 aliphatic rings. The van der Waals surface area contributed by atoms with Crippen molar-refractivity contribution in [1.82, 2.24) is 0 Å². The molecular weight excluding hydrogens is 552 g/mol. The van der Waals surface area contributed by atoms with Gasteiger partial charge in [0, 0.05) is 0 Å². The second-order valence-electron chi connectivity index (χ2n) is 7.59. The van der Waals surface area contributed by atoms with Crippen molar-refractivity contribution in [2.75, 3.05) is 42.7 Å². The van der Waals surface area contributed by atoms with Gasteiger partial charge in [0.15, 0.2) is 0 Å². The zero-order valence-corrected chi connectivity index (χ0v) is 23.8. The van der Waals surface area contributed by atoms with Gasteiger partial charge in [-0.1, -0.05) is 36.4 Å². The highest BCUT2D eigenvalue weighted by Gasteiger charge is 2.18. The second kappa shape index (κ2) is 17.9. The van der Waals surface area contributed by atoms with E-state index in [4.69, 9.17) is 0 Å². The maximum Gasteiger partial charge on any atom is 0.338 e. The van der Waals surface area contributed by atoms with Gasteiger partial charge in [-0.05, 0) is 36.4 Å². The minimum absolute atomic E-state index is 0.210. The molecule has 0 saturated carbocycles. The van der Waals surface area contributed by atoms with E-state index in [1.807, 2.05) is 0 Å². The molecule has 0 aliphatic carbocycles. The van der Waals surface area contributed by atoms with E-state index < -0.39 is 35.8 Å². The van der Waals surface area contributed by atoms with Gasteiger partial charge in [-0.25, -0.2) is 28.8 Å². The first-order chi connectivity index (χ1) is 20.1. The Kier molecular flexibility index (Phi) is 14.7. The monoisotopic (exact) mass is 582 g/mol. The SMILES string of the molecule is COC(=O)c1ccccc1C(=O)OC.COC(=O)c1ccccc1C(=O)OC.COC(=O)c1ccccc1C(=O)OC. The molecule has 0 fully saturated rings. The third kappa shape index (κ3) is 9.59. The lowest BCUT2D eigenvalue weighted by Crippen LogP contribution is -2.11. The van der Waals surface area contributed by atoms with Crippen LogP contribution in [-0.2, 0) is 28.4 Å². The summed E-state index contributed by atoms with van der Waals surface area (Å²) in [5.74, 6) is -3.30. The third-order valence-electron chi connectivity index (χ3n) is 5.21. The van der Waals surface area contributed by atoms with Gasteiger partial charge in [0.2, 0.25) is 0 Å². The zero-order valence-electron chi connectivity index (χ0n) is 23.8. The molecule has 0 bridgehead atoms. The van der Waals surface area contributed by atoms with Gasteiger partial charge >= 0.3 is 35.8 Å². The fourth-order valence-electron chi connectivity index (χ4n) is 3.18. The predicted octanol–water partition coefficient (Wildman–Crippen LogP) is 3.78. The van der Waals surface area contributed by atoms with Crippen LogP contribution in [0.3, 0.4) is 0 Å². The summed E-state index contributed by atoms with van der Waals surface area (Å²) in [5.41, 5.74) is 1.26. The van der Waals surface area contributed by atoms with Gasteiger partial charge in [0.25, 0.3) is 0 Å². The highest BCUT2D eigenvalue weighted by atomic mass is 16.5. The van der Waals surface area contributed by atoms with Crippen molar-refractivity contribution in [3.05, 3.63) is 106 Å². The molecule has 0 amide bonds. The van der Waals surface area contributed by atoms with Crippen molar-refractivity contribution in [2.45, 2.75) is 0 Å². The van der Waals surface area contributed by atoms with Crippen LogP contribution in [0.1, 0.15) is 62.1 Å². The number of methoxy groups -OCH3 is 6. The summed E-state index contributed by atoms with van der Waals surface area (Å²) in [6, 6.07) is 19.0. The van der Waals surface area contributed by atoms with Crippen LogP contribution in [0.5, 0.6) is 0 Å². The van der Waals surface area contributed by atoms with Crippen LogP contribution in [0.4, 0.5) is 0 Å². The molecule has 0 aromatic heterocycles. The van der Waals surface area contributed by atoms with Crippen LogP contribution in [0.25, 0.3) is 0 Å². The van der Waals surface area contributed by atoms with Gasteiger partial charge in [0.1, 0.15) is 0 Å². The average molecular weight is 583 g/mol. The molecule has 0 N–H and O–H groups in total. The maximum atomic E-state index is 11.2. The summed E-state index contributed by atoms with van der Waals surface area (Å²) in [6.45, 7) is 0. The normalized spacial score (nSPS) is 9.29. The molecule has 12 heteroatoms. The van der Waals surface area contributed by atoms with Crippen molar-refractivity contribution in [3.63, 3.8) is 0 Å². The molecule has 12 nitrogen and oxygen atoms in total. The number of carbonyl (C=O) groups is 6. The number of esters is 6. The largest absolute Gasteiger partial charge is 0.465 e. The lowest BCUT2D eigenvalue weighted by atomic mass is 10.1. The maximum absolute atomic E-state index is 11.2. The van der Waals surface area contributed by atoms with Crippen LogP contribution in [0.2, 0.25) is 0 Å². The van der Waals surface area contributed by atoms with Crippen LogP contribution in [-0.4, -0.2) is 78.5 Å². The average Bonchev–Trinajstić information content (AvgIpc) is 3.06. The summed E-state index contributed by atoms with van der Waals surface area (Å²) >= 11 is 0. The van der Waals surface area contributed by atoms with Gasteiger partial charge < -0.3 is 28.4 Å². The molecule has 3 aromatic rings. The summed E-state index contributed by atoms with van der Waals surface area (Å²) < 4.78 is 27.1. The molecule has 0 radical (unpaired) electrons. The molecule has 0 unspecified atom stereocenters. The third-order valence-corrected chi connectivity index (χ3v) is 5.21. The Morgan fingerprint density at radius 3 is 0.524 bits per heavy atom. The fourth-order valence-corrected chi connectivity index (χ4v) is 3.18. The Bertz CT molecular complexity index is 1140. The minimum atomic E-state index is -0.550. The first-order valence-corrected chi connectivity index (χ1v) is 11.9. The Morgan fingerprint density at radius 1 is 0.310 bits per heavy atom. The Hall–Kier alpha value is -5.52. The van der Waals surface area contributed by atoms with E-state index >= 15 is 0 Å². The molecule has 0 atom stereocenters. The number of rotatable bonds is 6. The van der Waals surface area contributed by atoms with Crippen LogP contribution in [0.15, 0.2) is 72.8 Å². The van der Waals surface area contributed by atoms with Gasteiger partial charge in [-0.2, -0.15) is 0 Å². The first kappa shape index (κ1) is 34.5. The summed E-state index contributed by atoms with van der Waals surface area (Å²) in [7, 11) is 7.56. The van der Waals surface area contributed by atoms with E-state index in [1.165, 1.54) is 79.1 Å². The molecule has 3 rings (SSSR count). The quantitative estimate of drug-likeness (QED) is 0.306. The number of benzene rings is 3. The number of hydrogen-bond donors (Lipinski definition) is 0. The molecule has 42 heavy (non-hydrogen) atoms. The van der Waals surface area contributed by atoms with Crippen molar-refractivity contribution in [3.8, 4) is 0 Å². The highest BCUT2D eigenvalue weighted by Crippen LogP contribution is 2.13. The van der Waals surface area contributed by atoms with E-state index in [-0.39, 0.29) is 33.4 Å². The van der Waals surface area contributed by atoms with Crippen molar-refractivity contribution in [2.24, 2.45) is 0 Å². The lowest BCUT2D eigenvalue weighted by Gasteiger charge is -2.04. The fraction of sp³-hybridized carbons (Fsp3) is 0.200. The van der Waals surface area contributed by atoms with E-state index in [0.29, 0.717) is 0 Å². The summed E-state index contributed by atoms with van der Waals surface area (Å²) in [4.78, 5) is 67.3. The Balaban J connectivity index is 0.000000315. The Labute approximate surface area is 242 Å². The molecule has 3 aromatic carbocycles. The van der Waals surface area contributed by atoms with Crippen molar-refractivity contribution in [1.29, 1.82) is 0 Å². The number of ether oxygens (including phenoxy) is 6. The summed E-state index contributed by atoms with van der Waals surface area (Å²) in [5, 5.41) is 0. The van der Waals surface area contributed by atoms with E-state index in [0.717, 1.165) is 0 Å². The van der Waals surface area contributed by atoms with Crippen LogP contribution < -0.4 is 0 Å². The smallest absolute Gasteiger partial charge is 0.338 e. The van der Waals surface area contributed by atoms with Crippen molar-refractivity contribution >= 4 is 35.8 Å². The number of carbonyl (C=O) groups excluding carboxylic acids is 6. The van der Waals surface area contributed by atoms with E-state index in [2.05, 4.69) is 28.4 Å². The van der Waals surface area contributed by atoms with Crippen LogP contribution >= 0.6 is 0 Å². The van der Waals surface area contributed by atoms with E-state index in [1.54, 1.807) is 36.4 Å². The standard InChI is InChI=1S/3C10H10O4/c3*1-13-9(11)7-5-3-4-6-8(7)10(12)14-2/h3*3-6H,1-2H3. The van der Waals surface area contributed by atoms with Gasteiger partial charge in [0.05, 0.1) is 76.0 Å². The van der Waals surface area contributed by atoms with Crippen LogP contribution in [0, 0.1) is 0 Å². The number of hydrogen-bond acceptors (Lipinski definition) is 12. The van der Waals surface area contributed by atoms with E-state index in [9.17, 15) is 28.8 Å². The topological polar surface area (TPSA) is 158 Å². The summed E-state index contributed by atoms with van der Waals surface area (Å²) in [6.07, 6.45) is 0. The predicted molar refractivity (Wildman–Crippen MR) is 147 cm³/mol. The van der Waals surface area contributed by atoms with Gasteiger partial charge in [-0.15, -0.1) is 0 Å². The Morgan fingerprint density at radius 2 is 0.429 bits per heavy atom.